The lowest BCUT2D eigenvalue weighted by atomic mass is 10.00. The summed E-state index contributed by atoms with van der Waals surface area (Å²) in [6.07, 6.45) is 1.65. The number of amides is 1. The SMILES string of the molecule is CC#CC(=O)Nc1ccc2c(c1)C(Nc1cccc(Br)c1)=NC=C=C2C. The topological polar surface area (TPSA) is 53.5 Å². The molecule has 128 valence electrons. The van der Waals surface area contributed by atoms with E-state index in [1.165, 1.54) is 0 Å². The van der Waals surface area contributed by atoms with Gasteiger partial charge in [0.2, 0.25) is 0 Å². The molecule has 0 atom stereocenters. The number of benzene rings is 2. The van der Waals surface area contributed by atoms with Crippen LogP contribution in [0.1, 0.15) is 25.0 Å². The first-order chi connectivity index (χ1) is 12.6. The standard InChI is InChI=1S/C21H16BrN3O/c1-3-5-20(26)24-17-8-9-18-14(2)10-11-23-21(19(18)13-17)25-16-7-4-6-15(22)12-16/h4,6-9,11-13H,1-2H3,(H,23,25)(H,24,26). The largest absolute Gasteiger partial charge is 0.340 e. The van der Waals surface area contributed by atoms with Gasteiger partial charge < -0.3 is 10.6 Å². The molecule has 1 amide bonds. The van der Waals surface area contributed by atoms with E-state index in [1.54, 1.807) is 13.1 Å². The molecule has 0 fully saturated rings. The highest BCUT2D eigenvalue weighted by Crippen LogP contribution is 2.26. The number of halogens is 1. The second-order valence-corrected chi connectivity index (χ2v) is 6.52. The van der Waals surface area contributed by atoms with E-state index < -0.39 is 0 Å². The summed E-state index contributed by atoms with van der Waals surface area (Å²) in [6, 6.07) is 13.5. The van der Waals surface area contributed by atoms with Crippen molar-refractivity contribution in [1.82, 2.24) is 0 Å². The molecule has 4 nitrogen and oxygen atoms in total. The van der Waals surface area contributed by atoms with E-state index in [-0.39, 0.29) is 5.91 Å². The maximum Gasteiger partial charge on any atom is 0.300 e. The molecule has 1 aliphatic heterocycles. The number of carbonyl (C=O) groups is 1. The minimum atomic E-state index is -0.343. The van der Waals surface area contributed by atoms with Crippen LogP contribution in [0.25, 0.3) is 5.57 Å². The van der Waals surface area contributed by atoms with Crippen LogP contribution in [0.3, 0.4) is 0 Å². The van der Waals surface area contributed by atoms with Gasteiger partial charge in [-0.2, -0.15) is 0 Å². The minimum Gasteiger partial charge on any atom is -0.340 e. The molecule has 0 saturated heterocycles. The molecule has 0 aromatic heterocycles. The number of hydrogen-bond donors (Lipinski definition) is 2. The number of amidine groups is 1. The zero-order valence-corrected chi connectivity index (χ0v) is 15.9. The second kappa shape index (κ2) is 7.88. The van der Waals surface area contributed by atoms with Crippen molar-refractivity contribution < 1.29 is 4.79 Å². The summed E-state index contributed by atoms with van der Waals surface area (Å²) >= 11 is 3.47. The Labute approximate surface area is 160 Å². The maximum atomic E-state index is 11.8. The number of hydrogen-bond acceptors (Lipinski definition) is 3. The van der Waals surface area contributed by atoms with Gasteiger partial charge in [-0.25, -0.2) is 4.99 Å². The monoisotopic (exact) mass is 405 g/mol. The van der Waals surface area contributed by atoms with E-state index in [2.05, 4.69) is 49.1 Å². The Kier molecular flexibility index (Phi) is 5.38. The van der Waals surface area contributed by atoms with Crippen LogP contribution in [0.4, 0.5) is 11.4 Å². The third kappa shape index (κ3) is 4.12. The van der Waals surface area contributed by atoms with Crippen LogP contribution < -0.4 is 10.6 Å². The summed E-state index contributed by atoms with van der Waals surface area (Å²) in [6.45, 7) is 3.61. The van der Waals surface area contributed by atoms with E-state index in [4.69, 9.17) is 0 Å². The zero-order valence-electron chi connectivity index (χ0n) is 14.4. The van der Waals surface area contributed by atoms with E-state index >= 15 is 0 Å². The fourth-order valence-corrected chi connectivity index (χ4v) is 2.96. The average Bonchev–Trinajstić information content (AvgIpc) is 2.75. The van der Waals surface area contributed by atoms with E-state index in [0.29, 0.717) is 11.5 Å². The third-order valence-corrected chi connectivity index (χ3v) is 4.23. The first kappa shape index (κ1) is 17.8. The summed E-state index contributed by atoms with van der Waals surface area (Å²) < 4.78 is 0.973. The number of fused-ring (bicyclic) bond motifs is 1. The molecule has 1 heterocycles. The molecule has 0 unspecified atom stereocenters. The van der Waals surface area contributed by atoms with Gasteiger partial charge in [0.05, 0.1) is 6.20 Å². The van der Waals surface area contributed by atoms with Crippen LogP contribution in [0.5, 0.6) is 0 Å². The quantitative estimate of drug-likeness (QED) is 0.556. The summed E-state index contributed by atoms with van der Waals surface area (Å²) in [5, 5.41) is 6.12. The number of anilines is 2. The molecule has 3 rings (SSSR count). The molecule has 1 aliphatic rings. The van der Waals surface area contributed by atoms with Gasteiger partial charge >= 0.3 is 0 Å². The van der Waals surface area contributed by atoms with Gasteiger partial charge in [-0.15, -0.1) is 0 Å². The number of carbonyl (C=O) groups excluding carboxylic acids is 1. The normalized spacial score (nSPS) is 12.0. The first-order valence-corrected chi connectivity index (χ1v) is 8.77. The predicted octanol–water partition coefficient (Wildman–Crippen LogP) is 4.80. The molecule has 0 spiro atoms. The lowest BCUT2D eigenvalue weighted by Crippen LogP contribution is -2.16. The highest BCUT2D eigenvalue weighted by atomic mass is 79.9. The van der Waals surface area contributed by atoms with Gasteiger partial charge in [-0.1, -0.05) is 39.7 Å². The summed E-state index contributed by atoms with van der Waals surface area (Å²) in [5.41, 5.74) is 7.57. The molecule has 0 aliphatic carbocycles. The van der Waals surface area contributed by atoms with Crippen molar-refractivity contribution in [2.45, 2.75) is 13.8 Å². The molecule has 0 radical (unpaired) electrons. The second-order valence-electron chi connectivity index (χ2n) is 5.60. The van der Waals surface area contributed by atoms with Crippen molar-refractivity contribution in [1.29, 1.82) is 0 Å². The van der Waals surface area contributed by atoms with Gasteiger partial charge in [0.1, 0.15) is 5.84 Å². The Morgan fingerprint density at radius 2 is 2.00 bits per heavy atom. The average molecular weight is 406 g/mol. The molecule has 0 bridgehead atoms. The molecular formula is C21H16BrN3O. The highest BCUT2D eigenvalue weighted by Gasteiger charge is 2.14. The van der Waals surface area contributed by atoms with Crippen molar-refractivity contribution in [3.8, 4) is 11.8 Å². The Morgan fingerprint density at radius 1 is 1.15 bits per heavy atom. The van der Waals surface area contributed by atoms with E-state index in [0.717, 1.165) is 26.9 Å². The van der Waals surface area contributed by atoms with Crippen molar-refractivity contribution in [3.63, 3.8) is 0 Å². The van der Waals surface area contributed by atoms with Crippen molar-refractivity contribution in [2.24, 2.45) is 4.99 Å². The number of allylic oxidation sites excluding steroid dienone is 1. The molecule has 26 heavy (non-hydrogen) atoms. The van der Waals surface area contributed by atoms with Gasteiger partial charge in [0, 0.05) is 27.0 Å². The fraction of sp³-hybridized carbons (Fsp3) is 0.0952. The summed E-state index contributed by atoms with van der Waals surface area (Å²) in [4.78, 5) is 16.3. The molecule has 5 heteroatoms. The first-order valence-electron chi connectivity index (χ1n) is 7.97. The fourth-order valence-electron chi connectivity index (χ4n) is 2.56. The lowest BCUT2D eigenvalue weighted by Gasteiger charge is -2.14. The van der Waals surface area contributed by atoms with Gasteiger partial charge in [-0.3, -0.25) is 4.79 Å². The smallest absolute Gasteiger partial charge is 0.300 e. The Hall–Kier alpha value is -3.06. The van der Waals surface area contributed by atoms with Crippen molar-refractivity contribution >= 4 is 44.6 Å². The van der Waals surface area contributed by atoms with Crippen LogP contribution >= 0.6 is 15.9 Å². The third-order valence-electron chi connectivity index (χ3n) is 3.74. The molecule has 2 N–H and O–H groups in total. The Balaban J connectivity index is 2.00. The van der Waals surface area contributed by atoms with Crippen LogP contribution in [-0.4, -0.2) is 11.7 Å². The van der Waals surface area contributed by atoms with Crippen LogP contribution in [0, 0.1) is 11.8 Å². The van der Waals surface area contributed by atoms with Crippen LogP contribution in [-0.2, 0) is 4.79 Å². The number of nitrogens with zero attached hydrogens (tertiary/aromatic N) is 1. The Bertz CT molecular complexity index is 1030. The highest BCUT2D eigenvalue weighted by molar-refractivity contribution is 9.10. The van der Waals surface area contributed by atoms with Crippen molar-refractivity contribution in [3.05, 3.63) is 70.0 Å². The predicted molar refractivity (Wildman–Crippen MR) is 110 cm³/mol. The van der Waals surface area contributed by atoms with Gasteiger partial charge in [0.25, 0.3) is 5.91 Å². The molecule has 2 aromatic rings. The molecular weight excluding hydrogens is 390 g/mol. The van der Waals surface area contributed by atoms with Gasteiger partial charge in [0.15, 0.2) is 0 Å². The number of aliphatic imine (C=N–C) groups is 1. The lowest BCUT2D eigenvalue weighted by molar-refractivity contribution is -0.111. The zero-order chi connectivity index (χ0) is 18.5. The number of rotatable bonds is 2. The summed E-state index contributed by atoms with van der Waals surface area (Å²) in [7, 11) is 0. The minimum absolute atomic E-state index is 0.343. The summed E-state index contributed by atoms with van der Waals surface area (Å²) in [5.74, 6) is 5.41. The van der Waals surface area contributed by atoms with Crippen LogP contribution in [0.15, 0.2) is 63.9 Å². The van der Waals surface area contributed by atoms with Gasteiger partial charge in [-0.05, 0) is 55.7 Å². The van der Waals surface area contributed by atoms with Crippen LogP contribution in [0.2, 0.25) is 0 Å². The molecule has 0 saturated carbocycles. The number of nitrogens with one attached hydrogen (secondary N) is 2. The Morgan fingerprint density at radius 3 is 2.77 bits per heavy atom. The molecule has 2 aromatic carbocycles. The van der Waals surface area contributed by atoms with Crippen molar-refractivity contribution in [2.75, 3.05) is 10.6 Å². The van der Waals surface area contributed by atoms with E-state index in [1.807, 2.05) is 49.4 Å². The van der Waals surface area contributed by atoms with E-state index in [9.17, 15) is 4.79 Å². The maximum absolute atomic E-state index is 11.8.